The van der Waals surface area contributed by atoms with Crippen LogP contribution in [0.15, 0.2) is 6.33 Å². The van der Waals surface area contributed by atoms with Crippen molar-refractivity contribution in [3.8, 4) is 0 Å². The fourth-order valence-corrected chi connectivity index (χ4v) is 1.97. The molecule has 19 heavy (non-hydrogen) atoms. The van der Waals surface area contributed by atoms with Crippen molar-refractivity contribution in [3.05, 3.63) is 6.33 Å². The molecule has 1 amide bonds. The Morgan fingerprint density at radius 3 is 2.63 bits per heavy atom. The molecule has 0 radical (unpaired) electrons. The Kier molecular flexibility index (Phi) is 3.88. The molecule has 1 fully saturated rings. The normalized spacial score (nSPS) is 15.4. The van der Waals surface area contributed by atoms with Crippen LogP contribution in [0.2, 0.25) is 0 Å². The molecular weight excluding hydrogens is 248 g/mol. The third kappa shape index (κ3) is 2.78. The first kappa shape index (κ1) is 13.2. The predicted octanol–water partition coefficient (Wildman–Crippen LogP) is -0.0805. The van der Waals surface area contributed by atoms with Gasteiger partial charge in [-0.25, -0.2) is 14.8 Å². The second kappa shape index (κ2) is 5.59. The molecule has 2 heterocycles. The van der Waals surface area contributed by atoms with Crippen LogP contribution in [0.1, 0.15) is 6.92 Å². The molecule has 1 aliphatic rings. The third-order valence-corrected chi connectivity index (χ3v) is 3.00. The van der Waals surface area contributed by atoms with E-state index in [2.05, 4.69) is 9.97 Å². The molecule has 0 bridgehead atoms. The Morgan fingerprint density at radius 2 is 2.00 bits per heavy atom. The van der Waals surface area contributed by atoms with E-state index < -0.39 is 0 Å². The minimum absolute atomic E-state index is 0.276. The molecule has 0 aliphatic carbocycles. The van der Waals surface area contributed by atoms with Gasteiger partial charge in [-0.1, -0.05) is 0 Å². The highest BCUT2D eigenvalue weighted by Gasteiger charge is 2.24. The standard InChI is InChI=1S/C11H18N6O2/c1-2-19-11(18)17-5-3-16(4-6-17)10-8(12)9(13)14-7-15-10/h7H,2-6,12H2,1H3,(H2,13,14,15). The first-order valence-electron chi connectivity index (χ1n) is 6.16. The molecule has 1 aromatic heterocycles. The van der Waals surface area contributed by atoms with E-state index in [4.69, 9.17) is 16.2 Å². The minimum Gasteiger partial charge on any atom is -0.450 e. The van der Waals surface area contributed by atoms with E-state index in [1.54, 1.807) is 11.8 Å². The van der Waals surface area contributed by atoms with Gasteiger partial charge in [-0.2, -0.15) is 0 Å². The maximum Gasteiger partial charge on any atom is 0.409 e. The van der Waals surface area contributed by atoms with Crippen molar-refractivity contribution in [2.45, 2.75) is 6.92 Å². The predicted molar refractivity (Wildman–Crippen MR) is 71.7 cm³/mol. The lowest BCUT2D eigenvalue weighted by atomic mass is 10.3. The van der Waals surface area contributed by atoms with Gasteiger partial charge in [0.25, 0.3) is 0 Å². The van der Waals surface area contributed by atoms with Crippen LogP contribution in [-0.2, 0) is 4.74 Å². The number of carbonyl (C=O) groups excluding carboxylic acids is 1. The summed E-state index contributed by atoms with van der Waals surface area (Å²) in [5.74, 6) is 0.897. The average molecular weight is 266 g/mol. The summed E-state index contributed by atoms with van der Waals surface area (Å²) in [6.45, 7) is 4.59. The Morgan fingerprint density at radius 1 is 1.32 bits per heavy atom. The number of nitrogen functional groups attached to an aromatic ring is 2. The highest BCUT2D eigenvalue weighted by Crippen LogP contribution is 2.24. The van der Waals surface area contributed by atoms with Crippen molar-refractivity contribution in [3.63, 3.8) is 0 Å². The molecule has 0 unspecified atom stereocenters. The van der Waals surface area contributed by atoms with Crippen molar-refractivity contribution in [1.82, 2.24) is 14.9 Å². The fourth-order valence-electron chi connectivity index (χ4n) is 1.97. The van der Waals surface area contributed by atoms with Gasteiger partial charge in [0.2, 0.25) is 0 Å². The number of hydrogen-bond acceptors (Lipinski definition) is 7. The van der Waals surface area contributed by atoms with Crippen LogP contribution < -0.4 is 16.4 Å². The van der Waals surface area contributed by atoms with Crippen LogP contribution in [-0.4, -0.2) is 53.7 Å². The summed E-state index contributed by atoms with van der Waals surface area (Å²) >= 11 is 0. The molecule has 1 aliphatic heterocycles. The van der Waals surface area contributed by atoms with Gasteiger partial charge in [0.15, 0.2) is 11.6 Å². The summed E-state index contributed by atoms with van der Waals surface area (Å²) in [6, 6.07) is 0. The maximum atomic E-state index is 11.6. The topological polar surface area (TPSA) is 111 Å². The van der Waals surface area contributed by atoms with E-state index in [1.807, 2.05) is 4.90 Å². The molecule has 1 aromatic rings. The van der Waals surface area contributed by atoms with Crippen LogP contribution in [0, 0.1) is 0 Å². The molecule has 104 valence electrons. The number of nitrogens with zero attached hydrogens (tertiary/aromatic N) is 4. The SMILES string of the molecule is CCOC(=O)N1CCN(c2ncnc(N)c2N)CC1. The minimum atomic E-state index is -0.280. The number of aromatic nitrogens is 2. The van der Waals surface area contributed by atoms with Gasteiger partial charge in [0, 0.05) is 26.2 Å². The van der Waals surface area contributed by atoms with Gasteiger partial charge in [0.05, 0.1) is 6.61 Å². The molecule has 0 saturated carbocycles. The van der Waals surface area contributed by atoms with Crippen LogP contribution in [0.3, 0.4) is 0 Å². The molecule has 1 saturated heterocycles. The molecule has 2 rings (SSSR count). The quantitative estimate of drug-likeness (QED) is 0.770. The number of piperazine rings is 1. The Labute approximate surface area is 111 Å². The zero-order valence-corrected chi connectivity index (χ0v) is 10.9. The number of carbonyl (C=O) groups is 1. The molecule has 8 nitrogen and oxygen atoms in total. The van der Waals surface area contributed by atoms with Gasteiger partial charge in [-0.3, -0.25) is 0 Å². The zero-order valence-electron chi connectivity index (χ0n) is 10.9. The van der Waals surface area contributed by atoms with Crippen molar-refractivity contribution >= 4 is 23.4 Å². The van der Waals surface area contributed by atoms with Crippen LogP contribution >= 0.6 is 0 Å². The van der Waals surface area contributed by atoms with Gasteiger partial charge in [0.1, 0.15) is 12.0 Å². The van der Waals surface area contributed by atoms with Crippen molar-refractivity contribution < 1.29 is 9.53 Å². The number of hydrogen-bond donors (Lipinski definition) is 2. The number of nitrogens with two attached hydrogens (primary N) is 2. The molecule has 0 atom stereocenters. The Bertz CT molecular complexity index is 458. The molecule has 0 aromatic carbocycles. The number of anilines is 3. The van der Waals surface area contributed by atoms with E-state index in [-0.39, 0.29) is 11.9 Å². The van der Waals surface area contributed by atoms with E-state index in [0.29, 0.717) is 44.3 Å². The van der Waals surface area contributed by atoms with Crippen LogP contribution in [0.5, 0.6) is 0 Å². The largest absolute Gasteiger partial charge is 0.450 e. The van der Waals surface area contributed by atoms with Crippen molar-refractivity contribution in [2.24, 2.45) is 0 Å². The number of ether oxygens (including phenoxy) is 1. The highest BCUT2D eigenvalue weighted by molar-refractivity contribution is 5.74. The fraction of sp³-hybridized carbons (Fsp3) is 0.545. The monoisotopic (exact) mass is 266 g/mol. The highest BCUT2D eigenvalue weighted by atomic mass is 16.6. The van der Waals surface area contributed by atoms with Gasteiger partial charge in [-0.15, -0.1) is 0 Å². The van der Waals surface area contributed by atoms with E-state index in [1.165, 1.54) is 6.33 Å². The lowest BCUT2D eigenvalue weighted by molar-refractivity contribution is 0.105. The molecular formula is C11H18N6O2. The summed E-state index contributed by atoms with van der Waals surface area (Å²) in [7, 11) is 0. The zero-order chi connectivity index (χ0) is 13.8. The number of rotatable bonds is 2. The lowest BCUT2D eigenvalue weighted by Crippen LogP contribution is -2.49. The van der Waals surface area contributed by atoms with E-state index in [9.17, 15) is 4.79 Å². The molecule has 4 N–H and O–H groups in total. The summed E-state index contributed by atoms with van der Waals surface area (Å²) in [5.41, 5.74) is 11.9. The van der Waals surface area contributed by atoms with E-state index in [0.717, 1.165) is 0 Å². The summed E-state index contributed by atoms with van der Waals surface area (Å²) in [5, 5.41) is 0. The number of amides is 1. The van der Waals surface area contributed by atoms with Gasteiger partial charge < -0.3 is 26.0 Å². The van der Waals surface area contributed by atoms with Crippen LogP contribution in [0.25, 0.3) is 0 Å². The van der Waals surface area contributed by atoms with Gasteiger partial charge >= 0.3 is 6.09 Å². The summed E-state index contributed by atoms with van der Waals surface area (Å²) < 4.78 is 4.96. The second-order valence-corrected chi connectivity index (χ2v) is 4.17. The van der Waals surface area contributed by atoms with E-state index >= 15 is 0 Å². The average Bonchev–Trinajstić information content (AvgIpc) is 2.42. The van der Waals surface area contributed by atoms with Crippen LogP contribution in [0.4, 0.5) is 22.1 Å². The first-order valence-corrected chi connectivity index (χ1v) is 6.16. The van der Waals surface area contributed by atoms with Gasteiger partial charge in [-0.05, 0) is 6.92 Å². The molecule has 0 spiro atoms. The summed E-state index contributed by atoms with van der Waals surface area (Å²) in [6.07, 6.45) is 1.11. The first-order chi connectivity index (χ1) is 9.13. The summed E-state index contributed by atoms with van der Waals surface area (Å²) in [4.78, 5) is 23.2. The lowest BCUT2D eigenvalue weighted by Gasteiger charge is -2.35. The maximum absolute atomic E-state index is 11.6. The Balaban J connectivity index is 2.00. The van der Waals surface area contributed by atoms with Crippen molar-refractivity contribution in [2.75, 3.05) is 49.2 Å². The van der Waals surface area contributed by atoms with Crippen molar-refractivity contribution in [1.29, 1.82) is 0 Å². The second-order valence-electron chi connectivity index (χ2n) is 4.17. The molecule has 8 heteroatoms. The third-order valence-electron chi connectivity index (χ3n) is 3.00. The Hall–Kier alpha value is -2.25. The smallest absolute Gasteiger partial charge is 0.409 e.